The van der Waals surface area contributed by atoms with Crippen molar-refractivity contribution in [1.82, 2.24) is 19.3 Å². The Morgan fingerprint density at radius 2 is 1.95 bits per heavy atom. The fourth-order valence-corrected chi connectivity index (χ4v) is 3.31. The number of rotatable bonds is 2. The summed E-state index contributed by atoms with van der Waals surface area (Å²) in [5, 5.41) is 3.43. The smallest absolute Gasteiger partial charge is 0.215 e. The fraction of sp³-hybridized carbons (Fsp3) is 0.353. The second kappa shape index (κ2) is 4.95. The van der Waals surface area contributed by atoms with Crippen LogP contribution in [0.3, 0.4) is 0 Å². The van der Waals surface area contributed by atoms with Crippen LogP contribution in [0.4, 0.5) is 4.39 Å². The first kappa shape index (κ1) is 13.5. The molecular formula is C17H19FN4. The lowest BCUT2D eigenvalue weighted by Crippen LogP contribution is -2.25. The molecule has 0 spiro atoms. The van der Waals surface area contributed by atoms with Crippen molar-refractivity contribution in [2.75, 3.05) is 6.54 Å². The molecule has 114 valence electrons. The van der Waals surface area contributed by atoms with Gasteiger partial charge in [-0.25, -0.2) is 9.37 Å². The number of aromatic nitrogens is 3. The molecule has 0 fully saturated rings. The van der Waals surface area contributed by atoms with Gasteiger partial charge in [0.15, 0.2) is 0 Å². The third kappa shape index (κ3) is 1.96. The highest BCUT2D eigenvalue weighted by atomic mass is 19.1. The second-order valence-corrected chi connectivity index (χ2v) is 6.09. The van der Waals surface area contributed by atoms with Crippen LogP contribution >= 0.6 is 0 Å². The zero-order chi connectivity index (χ0) is 15.3. The number of nitrogens with zero attached hydrogens (tertiary/aromatic N) is 3. The predicted molar refractivity (Wildman–Crippen MR) is 84.4 cm³/mol. The van der Waals surface area contributed by atoms with E-state index in [1.165, 1.54) is 23.5 Å². The van der Waals surface area contributed by atoms with Crippen molar-refractivity contribution in [2.45, 2.75) is 32.9 Å². The normalized spacial score (nSPS) is 14.7. The van der Waals surface area contributed by atoms with E-state index < -0.39 is 0 Å². The Kier molecular flexibility index (Phi) is 3.04. The summed E-state index contributed by atoms with van der Waals surface area (Å²) < 4.78 is 17.6. The maximum Gasteiger partial charge on any atom is 0.215 e. The van der Waals surface area contributed by atoms with Gasteiger partial charge in [-0.2, -0.15) is 0 Å². The Morgan fingerprint density at radius 3 is 2.68 bits per heavy atom. The molecule has 5 heteroatoms. The van der Waals surface area contributed by atoms with Crippen molar-refractivity contribution in [3.8, 4) is 11.3 Å². The quantitative estimate of drug-likeness (QED) is 0.788. The van der Waals surface area contributed by atoms with Crippen LogP contribution < -0.4 is 5.32 Å². The van der Waals surface area contributed by atoms with Gasteiger partial charge in [0.05, 0.1) is 11.4 Å². The molecule has 1 aromatic carbocycles. The molecule has 1 N–H and O–H groups in total. The van der Waals surface area contributed by atoms with Crippen molar-refractivity contribution in [1.29, 1.82) is 0 Å². The van der Waals surface area contributed by atoms with Crippen LogP contribution in [0.2, 0.25) is 0 Å². The molecule has 0 atom stereocenters. The largest absolute Gasteiger partial charge is 0.311 e. The van der Waals surface area contributed by atoms with E-state index in [9.17, 15) is 4.39 Å². The summed E-state index contributed by atoms with van der Waals surface area (Å²) in [6.07, 6.45) is 3.09. The van der Waals surface area contributed by atoms with Crippen LogP contribution in [0.15, 0.2) is 30.5 Å². The highest BCUT2D eigenvalue weighted by Gasteiger charge is 2.23. The van der Waals surface area contributed by atoms with Crippen LogP contribution in [-0.2, 0) is 13.0 Å². The van der Waals surface area contributed by atoms with E-state index in [4.69, 9.17) is 4.98 Å². The number of imidazole rings is 2. The summed E-state index contributed by atoms with van der Waals surface area (Å²) >= 11 is 0. The number of hydrogen-bond donors (Lipinski definition) is 1. The molecule has 0 unspecified atom stereocenters. The average Bonchev–Trinajstić information content (AvgIpc) is 3.04. The Hall–Kier alpha value is -2.14. The van der Waals surface area contributed by atoms with Crippen molar-refractivity contribution in [3.05, 3.63) is 47.7 Å². The van der Waals surface area contributed by atoms with Crippen LogP contribution in [0.1, 0.15) is 31.3 Å². The number of halogens is 1. The Bertz CT molecular complexity index is 827. The molecule has 0 bridgehead atoms. The monoisotopic (exact) mass is 298 g/mol. The van der Waals surface area contributed by atoms with Crippen molar-refractivity contribution < 1.29 is 4.39 Å². The molecule has 3 heterocycles. The summed E-state index contributed by atoms with van der Waals surface area (Å²) in [7, 11) is 0. The van der Waals surface area contributed by atoms with E-state index in [2.05, 4.69) is 34.3 Å². The zero-order valence-corrected chi connectivity index (χ0v) is 12.8. The zero-order valence-electron chi connectivity index (χ0n) is 12.8. The molecule has 2 aromatic heterocycles. The predicted octanol–water partition coefficient (Wildman–Crippen LogP) is 3.17. The number of fused-ring (bicyclic) bond motifs is 3. The lowest BCUT2D eigenvalue weighted by atomic mass is 10.1. The van der Waals surface area contributed by atoms with E-state index in [-0.39, 0.29) is 5.82 Å². The topological polar surface area (TPSA) is 34.3 Å². The van der Waals surface area contributed by atoms with Crippen molar-refractivity contribution in [2.24, 2.45) is 0 Å². The molecule has 0 saturated heterocycles. The van der Waals surface area contributed by atoms with E-state index >= 15 is 0 Å². The fourth-order valence-electron chi connectivity index (χ4n) is 3.31. The van der Waals surface area contributed by atoms with E-state index in [0.29, 0.717) is 6.04 Å². The highest BCUT2D eigenvalue weighted by molar-refractivity contribution is 5.62. The summed E-state index contributed by atoms with van der Waals surface area (Å²) in [6, 6.07) is 6.88. The maximum absolute atomic E-state index is 13.1. The van der Waals surface area contributed by atoms with Crippen LogP contribution in [0, 0.1) is 5.82 Å². The molecule has 0 amide bonds. The molecule has 22 heavy (non-hydrogen) atoms. The molecule has 3 aromatic rings. The van der Waals surface area contributed by atoms with Crippen molar-refractivity contribution in [3.63, 3.8) is 0 Å². The Labute approximate surface area is 128 Å². The summed E-state index contributed by atoms with van der Waals surface area (Å²) in [5.41, 5.74) is 4.49. The summed E-state index contributed by atoms with van der Waals surface area (Å²) in [6.45, 7) is 6.26. The van der Waals surface area contributed by atoms with Crippen LogP contribution in [0.25, 0.3) is 17.0 Å². The van der Waals surface area contributed by atoms with Crippen LogP contribution in [0.5, 0.6) is 0 Å². The first-order chi connectivity index (χ1) is 10.6. The van der Waals surface area contributed by atoms with Crippen LogP contribution in [-0.4, -0.2) is 20.5 Å². The Balaban J connectivity index is 1.92. The van der Waals surface area contributed by atoms with Gasteiger partial charge in [-0.1, -0.05) is 0 Å². The minimum atomic E-state index is -0.221. The molecule has 4 rings (SSSR count). The molecule has 4 nitrogen and oxygen atoms in total. The molecular weight excluding hydrogens is 279 g/mol. The van der Waals surface area contributed by atoms with Gasteiger partial charge in [-0.05, 0) is 38.1 Å². The average molecular weight is 298 g/mol. The third-order valence-electron chi connectivity index (χ3n) is 4.30. The van der Waals surface area contributed by atoms with Gasteiger partial charge in [0.25, 0.3) is 0 Å². The maximum atomic E-state index is 13.1. The Morgan fingerprint density at radius 1 is 1.18 bits per heavy atom. The minimum absolute atomic E-state index is 0.221. The van der Waals surface area contributed by atoms with Gasteiger partial charge in [-0.3, -0.25) is 4.40 Å². The van der Waals surface area contributed by atoms with Gasteiger partial charge in [-0.15, -0.1) is 0 Å². The lowest BCUT2D eigenvalue weighted by molar-refractivity contribution is 0.549. The second-order valence-electron chi connectivity index (χ2n) is 6.09. The van der Waals surface area contributed by atoms with E-state index in [1.54, 1.807) is 12.1 Å². The van der Waals surface area contributed by atoms with Gasteiger partial charge in [0, 0.05) is 43.0 Å². The van der Waals surface area contributed by atoms with Gasteiger partial charge in [0.2, 0.25) is 5.78 Å². The van der Waals surface area contributed by atoms with Gasteiger partial charge >= 0.3 is 0 Å². The number of nitrogens with one attached hydrogen (secondary N) is 1. The SMILES string of the molecule is CC(C)n1c2c(n3cc(-c4ccc(F)cc4)nc13)CNCC2. The summed E-state index contributed by atoms with van der Waals surface area (Å²) in [4.78, 5) is 4.81. The number of benzene rings is 1. The summed E-state index contributed by atoms with van der Waals surface area (Å²) in [5.74, 6) is 0.754. The lowest BCUT2D eigenvalue weighted by Gasteiger charge is -2.18. The first-order valence-electron chi connectivity index (χ1n) is 7.73. The van der Waals surface area contributed by atoms with Gasteiger partial charge in [0.1, 0.15) is 5.82 Å². The van der Waals surface area contributed by atoms with Gasteiger partial charge < -0.3 is 9.88 Å². The van der Waals surface area contributed by atoms with E-state index in [1.807, 2.05) is 0 Å². The first-order valence-corrected chi connectivity index (χ1v) is 7.73. The molecule has 0 saturated carbocycles. The molecule has 0 radical (unpaired) electrons. The molecule has 0 aliphatic carbocycles. The molecule has 1 aliphatic rings. The highest BCUT2D eigenvalue weighted by Crippen LogP contribution is 2.28. The molecule has 1 aliphatic heterocycles. The minimum Gasteiger partial charge on any atom is -0.311 e. The van der Waals surface area contributed by atoms with E-state index in [0.717, 1.165) is 36.5 Å². The number of hydrogen-bond acceptors (Lipinski definition) is 2. The third-order valence-corrected chi connectivity index (χ3v) is 4.30. The standard InChI is InChI=1S/C17H19FN4/c1-11(2)22-15-7-8-19-9-16(15)21-10-14(20-17(21)22)12-3-5-13(18)6-4-12/h3-6,10-11,19H,7-9H2,1-2H3. The van der Waals surface area contributed by atoms with Crippen molar-refractivity contribution >= 4 is 5.78 Å².